The van der Waals surface area contributed by atoms with E-state index in [2.05, 4.69) is 20.8 Å². The molecule has 0 spiro atoms. The van der Waals surface area contributed by atoms with Gasteiger partial charge in [0.1, 0.15) is 5.82 Å². The van der Waals surface area contributed by atoms with Crippen molar-refractivity contribution in [3.63, 3.8) is 0 Å². The lowest BCUT2D eigenvalue weighted by molar-refractivity contribution is 0.250. The van der Waals surface area contributed by atoms with Crippen molar-refractivity contribution in [2.45, 2.75) is 19.9 Å². The minimum absolute atomic E-state index is 0.0404. The highest BCUT2D eigenvalue weighted by molar-refractivity contribution is 5.90. The predicted molar refractivity (Wildman–Crippen MR) is 92.4 cm³/mol. The molecule has 2 amide bonds. The first-order chi connectivity index (χ1) is 12.0. The number of carbonyl (C=O) groups excluding carboxylic acids is 1. The summed E-state index contributed by atoms with van der Waals surface area (Å²) in [5.74, 6) is 0.347. The van der Waals surface area contributed by atoms with Gasteiger partial charge in [-0.1, -0.05) is 17.3 Å². The van der Waals surface area contributed by atoms with Crippen LogP contribution < -0.4 is 10.6 Å². The Labute approximate surface area is 144 Å². The topological polar surface area (TPSA) is 80.0 Å². The van der Waals surface area contributed by atoms with Crippen molar-refractivity contribution in [3.8, 4) is 22.8 Å². The number of rotatable bonds is 4. The fourth-order valence-corrected chi connectivity index (χ4v) is 2.22. The lowest BCUT2D eigenvalue weighted by atomic mass is 10.2. The Hall–Kier alpha value is -3.22. The molecule has 0 saturated heterocycles. The molecule has 0 fully saturated rings. The Morgan fingerprint density at radius 2 is 1.88 bits per heavy atom. The van der Waals surface area contributed by atoms with Crippen molar-refractivity contribution in [1.29, 1.82) is 0 Å². The molecule has 3 aromatic rings. The van der Waals surface area contributed by atoms with Crippen molar-refractivity contribution < 1.29 is 13.7 Å². The number of amides is 2. The summed E-state index contributed by atoms with van der Waals surface area (Å²) in [5, 5.41) is 9.45. The number of anilines is 1. The standard InChI is InChI=1S/C18H17FN4O2/c1-11(2)20-18(24)21-15-5-3-4-13(10-15)16-22-17(25-23-16)12-6-8-14(19)9-7-12/h3-11H,1-2H3,(H2,20,21,24). The molecule has 2 aromatic carbocycles. The summed E-state index contributed by atoms with van der Waals surface area (Å²) in [5.41, 5.74) is 1.94. The first-order valence-electron chi connectivity index (χ1n) is 7.79. The van der Waals surface area contributed by atoms with E-state index in [4.69, 9.17) is 4.52 Å². The van der Waals surface area contributed by atoms with Crippen LogP contribution in [0.5, 0.6) is 0 Å². The molecule has 128 valence electrons. The highest BCUT2D eigenvalue weighted by Crippen LogP contribution is 2.24. The number of benzene rings is 2. The van der Waals surface area contributed by atoms with Crippen LogP contribution in [0.2, 0.25) is 0 Å². The van der Waals surface area contributed by atoms with Gasteiger partial charge in [-0.15, -0.1) is 0 Å². The summed E-state index contributed by atoms with van der Waals surface area (Å²) in [6.07, 6.45) is 0. The Morgan fingerprint density at radius 3 is 2.60 bits per heavy atom. The zero-order chi connectivity index (χ0) is 17.8. The van der Waals surface area contributed by atoms with Gasteiger partial charge in [-0.2, -0.15) is 4.98 Å². The van der Waals surface area contributed by atoms with E-state index in [1.54, 1.807) is 30.3 Å². The fraction of sp³-hybridized carbons (Fsp3) is 0.167. The van der Waals surface area contributed by atoms with Crippen LogP contribution in [0, 0.1) is 5.82 Å². The number of halogens is 1. The lowest BCUT2D eigenvalue weighted by Crippen LogP contribution is -2.34. The maximum atomic E-state index is 13.0. The van der Waals surface area contributed by atoms with Gasteiger partial charge >= 0.3 is 6.03 Å². The van der Waals surface area contributed by atoms with Crippen molar-refractivity contribution in [3.05, 3.63) is 54.3 Å². The normalized spacial score (nSPS) is 10.7. The second kappa shape index (κ2) is 7.12. The molecular formula is C18H17FN4O2. The van der Waals surface area contributed by atoms with Gasteiger partial charge in [-0.3, -0.25) is 0 Å². The van der Waals surface area contributed by atoms with Crippen molar-refractivity contribution >= 4 is 11.7 Å². The molecule has 0 aliphatic rings. The molecule has 0 unspecified atom stereocenters. The Kier molecular flexibility index (Phi) is 4.74. The molecule has 0 atom stereocenters. The maximum Gasteiger partial charge on any atom is 0.319 e. The van der Waals surface area contributed by atoms with Crippen LogP contribution in [0.4, 0.5) is 14.9 Å². The third kappa shape index (κ3) is 4.20. The SMILES string of the molecule is CC(C)NC(=O)Nc1cccc(-c2noc(-c3ccc(F)cc3)n2)c1. The highest BCUT2D eigenvalue weighted by atomic mass is 19.1. The van der Waals surface area contributed by atoms with Gasteiger partial charge in [0.05, 0.1) is 0 Å². The average molecular weight is 340 g/mol. The van der Waals surface area contributed by atoms with Crippen LogP contribution in [-0.2, 0) is 0 Å². The zero-order valence-corrected chi connectivity index (χ0v) is 13.8. The molecular weight excluding hydrogens is 323 g/mol. The van der Waals surface area contributed by atoms with Gasteiger partial charge in [-0.25, -0.2) is 9.18 Å². The summed E-state index contributed by atoms with van der Waals surface area (Å²) >= 11 is 0. The van der Waals surface area contributed by atoms with Crippen LogP contribution in [0.1, 0.15) is 13.8 Å². The third-order valence-corrected chi connectivity index (χ3v) is 3.32. The summed E-state index contributed by atoms with van der Waals surface area (Å²) in [6.45, 7) is 3.76. The van der Waals surface area contributed by atoms with Gasteiger partial charge in [0, 0.05) is 22.9 Å². The van der Waals surface area contributed by atoms with Gasteiger partial charge in [-0.05, 0) is 50.2 Å². The first-order valence-corrected chi connectivity index (χ1v) is 7.79. The number of nitrogens with one attached hydrogen (secondary N) is 2. The molecule has 7 heteroatoms. The van der Waals surface area contributed by atoms with Crippen LogP contribution in [-0.4, -0.2) is 22.2 Å². The summed E-state index contributed by atoms with van der Waals surface area (Å²) < 4.78 is 18.2. The quantitative estimate of drug-likeness (QED) is 0.750. The van der Waals surface area contributed by atoms with E-state index in [0.717, 1.165) is 0 Å². The Morgan fingerprint density at radius 1 is 1.12 bits per heavy atom. The van der Waals surface area contributed by atoms with Gasteiger partial charge in [0.2, 0.25) is 5.82 Å². The lowest BCUT2D eigenvalue weighted by Gasteiger charge is -2.10. The van der Waals surface area contributed by atoms with Crippen LogP contribution in [0.15, 0.2) is 53.1 Å². The Bertz CT molecular complexity index is 875. The molecule has 0 radical (unpaired) electrons. The van der Waals surface area contributed by atoms with E-state index in [9.17, 15) is 9.18 Å². The molecule has 0 bridgehead atoms. The van der Waals surface area contributed by atoms with Crippen molar-refractivity contribution in [1.82, 2.24) is 15.5 Å². The van der Waals surface area contributed by atoms with E-state index in [1.807, 2.05) is 19.9 Å². The number of hydrogen-bond donors (Lipinski definition) is 2. The van der Waals surface area contributed by atoms with E-state index in [-0.39, 0.29) is 17.9 Å². The number of urea groups is 1. The molecule has 2 N–H and O–H groups in total. The highest BCUT2D eigenvalue weighted by Gasteiger charge is 2.12. The molecule has 6 nitrogen and oxygen atoms in total. The van der Waals surface area contributed by atoms with Crippen molar-refractivity contribution in [2.75, 3.05) is 5.32 Å². The largest absolute Gasteiger partial charge is 0.336 e. The number of hydrogen-bond acceptors (Lipinski definition) is 4. The number of carbonyl (C=O) groups is 1. The number of aromatic nitrogens is 2. The minimum atomic E-state index is -0.332. The summed E-state index contributed by atoms with van der Waals surface area (Å²) in [4.78, 5) is 16.1. The van der Waals surface area contributed by atoms with E-state index in [1.165, 1.54) is 12.1 Å². The molecule has 0 aliphatic carbocycles. The molecule has 25 heavy (non-hydrogen) atoms. The van der Waals surface area contributed by atoms with Crippen LogP contribution in [0.3, 0.4) is 0 Å². The molecule has 1 heterocycles. The van der Waals surface area contributed by atoms with Crippen LogP contribution >= 0.6 is 0 Å². The molecule has 1 aromatic heterocycles. The maximum absolute atomic E-state index is 13.0. The monoisotopic (exact) mass is 340 g/mol. The van der Waals surface area contributed by atoms with E-state index >= 15 is 0 Å². The average Bonchev–Trinajstić information content (AvgIpc) is 3.05. The second-order valence-corrected chi connectivity index (χ2v) is 5.76. The van der Waals surface area contributed by atoms with Crippen molar-refractivity contribution in [2.24, 2.45) is 0 Å². The Balaban J connectivity index is 1.79. The molecule has 3 rings (SSSR count). The molecule has 0 saturated carbocycles. The summed E-state index contributed by atoms with van der Waals surface area (Å²) in [6, 6.07) is 12.7. The van der Waals surface area contributed by atoms with E-state index in [0.29, 0.717) is 28.5 Å². The van der Waals surface area contributed by atoms with Gasteiger partial charge in [0.15, 0.2) is 0 Å². The second-order valence-electron chi connectivity index (χ2n) is 5.76. The van der Waals surface area contributed by atoms with Gasteiger partial charge < -0.3 is 15.2 Å². The van der Waals surface area contributed by atoms with Crippen LogP contribution in [0.25, 0.3) is 22.8 Å². The fourth-order valence-electron chi connectivity index (χ4n) is 2.22. The van der Waals surface area contributed by atoms with E-state index < -0.39 is 0 Å². The van der Waals surface area contributed by atoms with Gasteiger partial charge in [0.25, 0.3) is 5.89 Å². The minimum Gasteiger partial charge on any atom is -0.336 e. The third-order valence-electron chi connectivity index (χ3n) is 3.32. The number of nitrogens with zero attached hydrogens (tertiary/aromatic N) is 2. The predicted octanol–water partition coefficient (Wildman–Crippen LogP) is 4.07. The zero-order valence-electron chi connectivity index (χ0n) is 13.8. The summed E-state index contributed by atoms with van der Waals surface area (Å²) in [7, 11) is 0. The molecule has 0 aliphatic heterocycles. The smallest absolute Gasteiger partial charge is 0.319 e. The first kappa shape index (κ1) is 16.6.